The third kappa shape index (κ3) is 3.94. The zero-order valence-electron chi connectivity index (χ0n) is 15.5. The third-order valence-electron chi connectivity index (χ3n) is 5.78. The number of carbonyl (C=O) groups excluding carboxylic acids is 1. The zero-order chi connectivity index (χ0) is 19.0. The number of nitrogens with two attached hydrogens (primary N) is 1. The van der Waals surface area contributed by atoms with Crippen molar-refractivity contribution >= 4 is 29.9 Å². The molecule has 0 spiro atoms. The number of ether oxygens (including phenoxy) is 1. The van der Waals surface area contributed by atoms with Crippen molar-refractivity contribution in [1.82, 2.24) is 25.5 Å². The van der Waals surface area contributed by atoms with E-state index < -0.39 is 0 Å². The van der Waals surface area contributed by atoms with Crippen LogP contribution in [0.4, 0.5) is 0 Å². The Balaban J connectivity index is 0.00000225. The standard InChI is InChI=1S/C18H23ClN6O2.ClH/c1-27-16-8-15(25-9-21-23-24-25)14(19)7-13(16)18(26)22-17-10-3-2-4-11(17)6-12(20)5-10;/h7-12,17H,2-6,20H2,1H3,(H,22,26);1H. The van der Waals surface area contributed by atoms with Crippen LogP contribution in [0.15, 0.2) is 18.5 Å². The Bertz CT molecular complexity index is 818. The third-order valence-corrected chi connectivity index (χ3v) is 6.09. The number of aromatic nitrogens is 4. The van der Waals surface area contributed by atoms with Crippen molar-refractivity contribution in [3.8, 4) is 11.4 Å². The summed E-state index contributed by atoms with van der Waals surface area (Å²) in [6.45, 7) is 0. The summed E-state index contributed by atoms with van der Waals surface area (Å²) in [5.41, 5.74) is 7.15. The van der Waals surface area contributed by atoms with Crippen LogP contribution in [0.1, 0.15) is 42.5 Å². The second-order valence-corrected chi connectivity index (χ2v) is 7.85. The van der Waals surface area contributed by atoms with Crippen molar-refractivity contribution in [2.45, 2.75) is 44.2 Å². The fourth-order valence-electron chi connectivity index (χ4n) is 4.59. The van der Waals surface area contributed by atoms with Gasteiger partial charge in [0, 0.05) is 18.2 Å². The molecule has 1 aromatic carbocycles. The summed E-state index contributed by atoms with van der Waals surface area (Å²) in [6.07, 6.45) is 6.82. The first-order chi connectivity index (χ1) is 13.1. The number of amides is 1. The lowest BCUT2D eigenvalue weighted by Gasteiger charge is -2.45. The Labute approximate surface area is 174 Å². The number of methoxy groups -OCH3 is 1. The minimum atomic E-state index is -0.172. The monoisotopic (exact) mass is 426 g/mol. The van der Waals surface area contributed by atoms with Gasteiger partial charge in [0.15, 0.2) is 0 Å². The number of carbonyl (C=O) groups is 1. The quantitative estimate of drug-likeness (QED) is 0.776. The summed E-state index contributed by atoms with van der Waals surface area (Å²) in [5, 5.41) is 14.7. The predicted molar refractivity (Wildman–Crippen MR) is 107 cm³/mol. The van der Waals surface area contributed by atoms with Gasteiger partial charge >= 0.3 is 0 Å². The molecule has 2 unspecified atom stereocenters. The van der Waals surface area contributed by atoms with Gasteiger partial charge in [-0.3, -0.25) is 4.79 Å². The summed E-state index contributed by atoms with van der Waals surface area (Å²) in [6, 6.07) is 3.68. The maximum absolute atomic E-state index is 13.0. The number of nitrogens with zero attached hydrogens (tertiary/aromatic N) is 4. The number of halogens is 2. The van der Waals surface area contributed by atoms with Gasteiger partial charge in [0.25, 0.3) is 5.91 Å². The molecule has 2 aromatic rings. The number of fused-ring (bicyclic) bond motifs is 2. The summed E-state index contributed by atoms with van der Waals surface area (Å²) in [5.74, 6) is 1.14. The maximum atomic E-state index is 13.0. The molecule has 28 heavy (non-hydrogen) atoms. The van der Waals surface area contributed by atoms with Gasteiger partial charge in [0.05, 0.1) is 23.4 Å². The fourth-order valence-corrected chi connectivity index (χ4v) is 4.84. The molecule has 4 rings (SSSR count). The van der Waals surface area contributed by atoms with E-state index >= 15 is 0 Å². The molecular formula is C18H24Cl2N6O2. The van der Waals surface area contributed by atoms with E-state index in [1.165, 1.54) is 24.5 Å². The van der Waals surface area contributed by atoms with Crippen LogP contribution in [-0.2, 0) is 0 Å². The van der Waals surface area contributed by atoms with E-state index in [2.05, 4.69) is 20.8 Å². The Kier molecular flexibility index (Phi) is 6.42. The van der Waals surface area contributed by atoms with Crippen LogP contribution in [0.25, 0.3) is 5.69 Å². The second kappa shape index (κ2) is 8.63. The lowest BCUT2D eigenvalue weighted by molar-refractivity contribution is 0.0753. The number of tetrazole rings is 1. The molecule has 2 fully saturated rings. The predicted octanol–water partition coefficient (Wildman–Crippen LogP) is 2.38. The minimum absolute atomic E-state index is 0. The van der Waals surface area contributed by atoms with Crippen LogP contribution >= 0.6 is 24.0 Å². The SMILES string of the molecule is COc1cc(-n2cnnn2)c(Cl)cc1C(=O)NC1C2CCCC1CC(N)C2.Cl. The topological polar surface area (TPSA) is 108 Å². The van der Waals surface area contributed by atoms with Crippen molar-refractivity contribution in [3.63, 3.8) is 0 Å². The molecule has 1 amide bonds. The largest absolute Gasteiger partial charge is 0.496 e. The van der Waals surface area contributed by atoms with E-state index in [1.807, 2.05) is 0 Å². The van der Waals surface area contributed by atoms with Crippen molar-refractivity contribution in [1.29, 1.82) is 0 Å². The number of nitrogens with one attached hydrogen (secondary N) is 1. The molecular weight excluding hydrogens is 403 g/mol. The van der Waals surface area contributed by atoms with E-state index in [4.69, 9.17) is 22.1 Å². The van der Waals surface area contributed by atoms with Gasteiger partial charge in [-0.2, -0.15) is 4.68 Å². The van der Waals surface area contributed by atoms with Crippen LogP contribution in [-0.4, -0.2) is 45.3 Å². The molecule has 2 saturated carbocycles. The molecule has 1 aromatic heterocycles. The second-order valence-electron chi connectivity index (χ2n) is 7.44. The normalized spacial score (nSPS) is 26.2. The van der Waals surface area contributed by atoms with E-state index in [9.17, 15) is 4.79 Å². The molecule has 2 atom stereocenters. The molecule has 2 aliphatic rings. The highest BCUT2D eigenvalue weighted by molar-refractivity contribution is 6.33. The molecule has 0 radical (unpaired) electrons. The van der Waals surface area contributed by atoms with E-state index in [1.54, 1.807) is 12.1 Å². The molecule has 2 aliphatic carbocycles. The summed E-state index contributed by atoms with van der Waals surface area (Å²) < 4.78 is 6.87. The Morgan fingerprint density at radius 2 is 2.04 bits per heavy atom. The first-order valence-electron chi connectivity index (χ1n) is 9.24. The minimum Gasteiger partial charge on any atom is -0.496 e. The van der Waals surface area contributed by atoms with Gasteiger partial charge < -0.3 is 15.8 Å². The van der Waals surface area contributed by atoms with Crippen LogP contribution < -0.4 is 15.8 Å². The first-order valence-corrected chi connectivity index (χ1v) is 9.62. The summed E-state index contributed by atoms with van der Waals surface area (Å²) in [7, 11) is 1.53. The molecule has 8 nitrogen and oxygen atoms in total. The molecule has 0 saturated heterocycles. The van der Waals surface area contributed by atoms with Gasteiger partial charge in [0.1, 0.15) is 12.1 Å². The fraction of sp³-hybridized carbons (Fsp3) is 0.556. The van der Waals surface area contributed by atoms with Crippen LogP contribution in [0.3, 0.4) is 0 Å². The van der Waals surface area contributed by atoms with Crippen molar-refractivity contribution in [2.75, 3.05) is 7.11 Å². The lowest BCUT2D eigenvalue weighted by Crippen LogP contribution is -2.53. The van der Waals surface area contributed by atoms with E-state index in [0.717, 1.165) is 25.7 Å². The first kappa shape index (κ1) is 20.8. The van der Waals surface area contributed by atoms with Crippen molar-refractivity contribution < 1.29 is 9.53 Å². The highest BCUT2D eigenvalue weighted by Crippen LogP contribution is 2.40. The Morgan fingerprint density at radius 3 is 2.64 bits per heavy atom. The molecule has 3 N–H and O–H groups in total. The van der Waals surface area contributed by atoms with E-state index in [-0.39, 0.29) is 30.4 Å². The van der Waals surface area contributed by atoms with Gasteiger partial charge in [-0.05, 0) is 54.0 Å². The number of hydrogen-bond acceptors (Lipinski definition) is 6. The van der Waals surface area contributed by atoms with Crippen molar-refractivity contribution in [3.05, 3.63) is 29.0 Å². The highest BCUT2D eigenvalue weighted by Gasteiger charge is 2.40. The summed E-state index contributed by atoms with van der Waals surface area (Å²) in [4.78, 5) is 13.0. The molecule has 152 valence electrons. The lowest BCUT2D eigenvalue weighted by atomic mass is 9.67. The molecule has 0 aliphatic heterocycles. The highest BCUT2D eigenvalue weighted by atomic mass is 35.5. The zero-order valence-corrected chi connectivity index (χ0v) is 17.1. The van der Waals surface area contributed by atoms with Gasteiger partial charge in [-0.1, -0.05) is 18.0 Å². The van der Waals surface area contributed by atoms with Crippen molar-refractivity contribution in [2.24, 2.45) is 17.6 Å². The number of hydrogen-bond donors (Lipinski definition) is 2. The molecule has 2 bridgehead atoms. The number of rotatable bonds is 4. The Morgan fingerprint density at radius 1 is 1.32 bits per heavy atom. The van der Waals surface area contributed by atoms with Crippen LogP contribution in [0, 0.1) is 11.8 Å². The maximum Gasteiger partial charge on any atom is 0.255 e. The number of benzene rings is 1. The van der Waals surface area contributed by atoms with Gasteiger partial charge in [-0.25, -0.2) is 0 Å². The average Bonchev–Trinajstić information content (AvgIpc) is 3.16. The summed E-state index contributed by atoms with van der Waals surface area (Å²) >= 11 is 6.38. The smallest absolute Gasteiger partial charge is 0.255 e. The van der Waals surface area contributed by atoms with Crippen LogP contribution in [0.2, 0.25) is 5.02 Å². The average molecular weight is 427 g/mol. The van der Waals surface area contributed by atoms with Gasteiger partial charge in [-0.15, -0.1) is 17.5 Å². The molecule has 1 heterocycles. The molecule has 10 heteroatoms. The van der Waals surface area contributed by atoms with Gasteiger partial charge in [0.2, 0.25) is 0 Å². The van der Waals surface area contributed by atoms with Crippen LogP contribution in [0.5, 0.6) is 5.75 Å². The Hall–Kier alpha value is -1.90. The van der Waals surface area contributed by atoms with E-state index in [0.29, 0.717) is 33.9 Å².